The maximum Gasteiger partial charge on any atom is 0.401 e. The van der Waals surface area contributed by atoms with Gasteiger partial charge in [0.05, 0.1) is 18.8 Å². The van der Waals surface area contributed by atoms with Crippen molar-refractivity contribution in [3.05, 3.63) is 41.8 Å². The van der Waals surface area contributed by atoms with Crippen molar-refractivity contribution in [2.45, 2.75) is 19.5 Å². The number of para-hydroxylation sites is 1. The zero-order valence-corrected chi connectivity index (χ0v) is 14.6. The van der Waals surface area contributed by atoms with Crippen LogP contribution in [0.3, 0.4) is 0 Å². The molecule has 10 heteroatoms. The summed E-state index contributed by atoms with van der Waals surface area (Å²) in [5.74, 6) is -1.11. The van der Waals surface area contributed by atoms with Gasteiger partial charge >= 0.3 is 6.18 Å². The molecule has 0 unspecified atom stereocenters. The molecule has 0 aliphatic carbocycles. The fourth-order valence-electron chi connectivity index (χ4n) is 2.54. The van der Waals surface area contributed by atoms with Gasteiger partial charge in [0.2, 0.25) is 5.91 Å². The highest BCUT2D eigenvalue weighted by Crippen LogP contribution is 2.20. The van der Waals surface area contributed by atoms with E-state index in [-0.39, 0.29) is 31.1 Å². The largest absolute Gasteiger partial charge is 0.401 e. The summed E-state index contributed by atoms with van der Waals surface area (Å²) in [5, 5.41) is 15.4. The number of nitrogens with zero attached hydrogens (tertiary/aromatic N) is 3. The van der Waals surface area contributed by atoms with Crippen molar-refractivity contribution >= 4 is 11.7 Å². The predicted molar refractivity (Wildman–Crippen MR) is 91.1 cm³/mol. The number of aliphatic hydroxyl groups is 1. The van der Waals surface area contributed by atoms with E-state index >= 15 is 0 Å². The molecule has 0 spiro atoms. The number of rotatable bonds is 8. The second-order valence-corrected chi connectivity index (χ2v) is 5.99. The number of aryl methyl sites for hydroxylation is 1. The Morgan fingerprint density at radius 3 is 2.67 bits per heavy atom. The molecule has 6 nitrogen and oxygen atoms in total. The van der Waals surface area contributed by atoms with Crippen LogP contribution in [0.25, 0.3) is 5.69 Å². The van der Waals surface area contributed by atoms with Crippen molar-refractivity contribution in [1.82, 2.24) is 14.7 Å². The molecule has 1 aromatic carbocycles. The number of alkyl halides is 3. The smallest absolute Gasteiger partial charge is 0.396 e. The lowest BCUT2D eigenvalue weighted by Crippen LogP contribution is -2.40. The SMILES string of the molecule is Cc1cc(NC(=O)CN(CCCO)CC(F)(F)F)n(-c2ccccc2F)n1. The van der Waals surface area contributed by atoms with Gasteiger partial charge in [0.15, 0.2) is 0 Å². The molecular formula is C17H20F4N4O2. The van der Waals surface area contributed by atoms with Crippen molar-refractivity contribution < 1.29 is 27.5 Å². The predicted octanol–water partition coefficient (Wildman–Crippen LogP) is 2.51. The van der Waals surface area contributed by atoms with E-state index in [2.05, 4.69) is 10.4 Å². The summed E-state index contributed by atoms with van der Waals surface area (Å²) in [7, 11) is 0. The van der Waals surface area contributed by atoms with E-state index in [1.807, 2.05) is 0 Å². The number of carbonyl (C=O) groups excluding carboxylic acids is 1. The molecule has 148 valence electrons. The van der Waals surface area contributed by atoms with E-state index in [9.17, 15) is 22.4 Å². The van der Waals surface area contributed by atoms with Crippen LogP contribution in [0.2, 0.25) is 0 Å². The molecule has 1 amide bonds. The summed E-state index contributed by atoms with van der Waals surface area (Å²) < 4.78 is 53.1. The number of aromatic nitrogens is 2. The fraction of sp³-hybridized carbons (Fsp3) is 0.412. The van der Waals surface area contributed by atoms with E-state index < -0.39 is 31.0 Å². The summed E-state index contributed by atoms with van der Waals surface area (Å²) in [6.45, 7) is -0.526. The topological polar surface area (TPSA) is 70.4 Å². The number of anilines is 1. The normalized spacial score (nSPS) is 11.8. The third-order valence-corrected chi connectivity index (χ3v) is 3.58. The zero-order chi connectivity index (χ0) is 20.0. The van der Waals surface area contributed by atoms with Gasteiger partial charge in [-0.05, 0) is 25.5 Å². The number of benzene rings is 1. The average molecular weight is 388 g/mol. The van der Waals surface area contributed by atoms with E-state index in [4.69, 9.17) is 5.11 Å². The van der Waals surface area contributed by atoms with Crippen LogP contribution in [0.4, 0.5) is 23.4 Å². The highest BCUT2D eigenvalue weighted by Gasteiger charge is 2.31. The third kappa shape index (κ3) is 6.33. The van der Waals surface area contributed by atoms with Crippen LogP contribution in [0.15, 0.2) is 30.3 Å². The number of amides is 1. The first-order valence-electron chi connectivity index (χ1n) is 8.21. The van der Waals surface area contributed by atoms with Crippen LogP contribution in [-0.4, -0.2) is 58.1 Å². The maximum absolute atomic E-state index is 14.0. The standard InChI is InChI=1S/C17H20F4N4O2/c1-12-9-15(25(23-12)14-6-3-2-5-13(14)18)22-16(27)10-24(7-4-8-26)11-17(19,20)21/h2-3,5-6,9,26H,4,7-8,10-11H2,1H3,(H,22,27). The third-order valence-electron chi connectivity index (χ3n) is 3.58. The molecule has 1 heterocycles. The highest BCUT2D eigenvalue weighted by atomic mass is 19.4. The Hall–Kier alpha value is -2.46. The van der Waals surface area contributed by atoms with Gasteiger partial charge in [-0.1, -0.05) is 12.1 Å². The summed E-state index contributed by atoms with van der Waals surface area (Å²) in [4.78, 5) is 13.1. The Morgan fingerprint density at radius 2 is 2.04 bits per heavy atom. The fourth-order valence-corrected chi connectivity index (χ4v) is 2.54. The minimum absolute atomic E-state index is 0.0883. The number of aliphatic hydroxyl groups excluding tert-OH is 1. The molecule has 27 heavy (non-hydrogen) atoms. The molecule has 0 saturated carbocycles. The quantitative estimate of drug-likeness (QED) is 0.682. The molecule has 0 bridgehead atoms. The Labute approximate surface area is 153 Å². The number of hydrogen-bond acceptors (Lipinski definition) is 4. The molecule has 2 N–H and O–H groups in total. The number of nitrogens with one attached hydrogen (secondary N) is 1. The van der Waals surface area contributed by atoms with Crippen molar-refractivity contribution in [3.8, 4) is 5.69 Å². The molecule has 0 aliphatic heterocycles. The molecule has 1 aromatic heterocycles. The van der Waals surface area contributed by atoms with Gasteiger partial charge in [0, 0.05) is 19.2 Å². The van der Waals surface area contributed by atoms with Crippen LogP contribution < -0.4 is 5.32 Å². The Balaban J connectivity index is 2.14. The van der Waals surface area contributed by atoms with Crippen molar-refractivity contribution in [1.29, 1.82) is 0 Å². The maximum atomic E-state index is 14.0. The highest BCUT2D eigenvalue weighted by molar-refractivity contribution is 5.91. The molecule has 2 aromatic rings. The molecule has 0 fully saturated rings. The molecule has 0 atom stereocenters. The first-order chi connectivity index (χ1) is 12.7. The lowest BCUT2D eigenvalue weighted by atomic mass is 10.3. The lowest BCUT2D eigenvalue weighted by Gasteiger charge is -2.22. The first kappa shape index (κ1) is 20.8. The minimum atomic E-state index is -4.47. The summed E-state index contributed by atoms with van der Waals surface area (Å²) in [6.07, 6.45) is -4.36. The van der Waals surface area contributed by atoms with Gasteiger partial charge in [-0.25, -0.2) is 9.07 Å². The summed E-state index contributed by atoms with van der Waals surface area (Å²) in [5.41, 5.74) is 0.606. The van der Waals surface area contributed by atoms with Crippen LogP contribution in [0.5, 0.6) is 0 Å². The van der Waals surface area contributed by atoms with Crippen LogP contribution in [-0.2, 0) is 4.79 Å². The first-order valence-corrected chi connectivity index (χ1v) is 8.21. The summed E-state index contributed by atoms with van der Waals surface area (Å²) >= 11 is 0. The average Bonchev–Trinajstić information content (AvgIpc) is 2.91. The van der Waals surface area contributed by atoms with Gasteiger partial charge in [-0.15, -0.1) is 0 Å². The lowest BCUT2D eigenvalue weighted by molar-refractivity contribution is -0.148. The molecule has 0 saturated heterocycles. The van der Waals surface area contributed by atoms with Gasteiger partial charge in [0.25, 0.3) is 0 Å². The van der Waals surface area contributed by atoms with Gasteiger partial charge in [-0.3, -0.25) is 9.69 Å². The van der Waals surface area contributed by atoms with Crippen LogP contribution in [0, 0.1) is 12.7 Å². The van der Waals surface area contributed by atoms with Gasteiger partial charge in [0.1, 0.15) is 17.3 Å². The van der Waals surface area contributed by atoms with Crippen LogP contribution >= 0.6 is 0 Å². The zero-order valence-electron chi connectivity index (χ0n) is 14.6. The summed E-state index contributed by atoms with van der Waals surface area (Å²) in [6, 6.07) is 7.29. The van der Waals surface area contributed by atoms with Crippen molar-refractivity contribution in [2.75, 3.05) is 31.6 Å². The Morgan fingerprint density at radius 1 is 1.33 bits per heavy atom. The van der Waals surface area contributed by atoms with Gasteiger partial charge < -0.3 is 10.4 Å². The van der Waals surface area contributed by atoms with E-state index in [1.54, 1.807) is 13.0 Å². The molecular weight excluding hydrogens is 368 g/mol. The number of carbonyl (C=O) groups is 1. The second-order valence-electron chi connectivity index (χ2n) is 5.99. The van der Waals surface area contributed by atoms with Crippen molar-refractivity contribution in [2.24, 2.45) is 0 Å². The monoisotopic (exact) mass is 388 g/mol. The molecule has 2 rings (SSSR count). The van der Waals surface area contributed by atoms with E-state index in [1.165, 1.54) is 28.9 Å². The van der Waals surface area contributed by atoms with Gasteiger partial charge in [-0.2, -0.15) is 18.3 Å². The van der Waals surface area contributed by atoms with Crippen LogP contribution in [0.1, 0.15) is 12.1 Å². The number of hydrogen-bond donors (Lipinski definition) is 2. The second kappa shape index (κ2) is 8.96. The molecule has 0 aliphatic rings. The number of halogens is 4. The molecule has 0 radical (unpaired) electrons. The Kier molecular flexibility index (Phi) is 6.92. The van der Waals surface area contributed by atoms with E-state index in [0.717, 1.165) is 4.90 Å². The minimum Gasteiger partial charge on any atom is -0.396 e. The van der Waals surface area contributed by atoms with E-state index in [0.29, 0.717) is 5.69 Å². The van der Waals surface area contributed by atoms with Crippen molar-refractivity contribution in [3.63, 3.8) is 0 Å². The Bertz CT molecular complexity index is 777.